The Bertz CT molecular complexity index is 1980. The van der Waals surface area contributed by atoms with E-state index in [0.717, 1.165) is 11.3 Å². The number of cyclic esters (lactones) is 1. The second-order valence-corrected chi connectivity index (χ2v) is 18.5. The molecule has 1 amide bonds. The van der Waals surface area contributed by atoms with E-state index in [1.165, 1.54) is 0 Å². The van der Waals surface area contributed by atoms with Gasteiger partial charge in [0.15, 0.2) is 11.9 Å². The van der Waals surface area contributed by atoms with Gasteiger partial charge in [-0.05, 0) is 110 Å². The number of likely N-dealkylation sites (N-methyl/N-ethyl adjacent to an activating group) is 1. The average Bonchev–Trinajstić information content (AvgIpc) is 4.00. The lowest BCUT2D eigenvalue weighted by Gasteiger charge is -2.45. The fourth-order valence-electron chi connectivity index (χ4n) is 9.72. The van der Waals surface area contributed by atoms with E-state index in [-0.39, 0.29) is 36.9 Å². The van der Waals surface area contributed by atoms with Crippen molar-refractivity contribution < 1.29 is 43.2 Å². The van der Waals surface area contributed by atoms with Crippen molar-refractivity contribution in [2.75, 3.05) is 40.0 Å². The number of ether oxygens (including phenoxy) is 5. The molecule has 3 aliphatic rings. The number of rotatable bonds is 13. The summed E-state index contributed by atoms with van der Waals surface area (Å²) in [6, 6.07) is 6.37. The Morgan fingerprint density at radius 3 is 2.56 bits per heavy atom. The van der Waals surface area contributed by atoms with Gasteiger partial charge in [-0.2, -0.15) is 5.10 Å². The number of Topliss-reactive ketones (excluding diaryl/α,β-unsaturated/α-hetero) is 1. The van der Waals surface area contributed by atoms with Crippen LogP contribution in [0.1, 0.15) is 85.6 Å². The third-order valence-electron chi connectivity index (χ3n) is 13.3. The van der Waals surface area contributed by atoms with Gasteiger partial charge in [0, 0.05) is 56.2 Å². The van der Waals surface area contributed by atoms with Crippen LogP contribution in [-0.2, 0) is 46.2 Å². The normalized spacial score (nSPS) is 33.7. The van der Waals surface area contributed by atoms with Gasteiger partial charge in [0.25, 0.3) is 0 Å². The van der Waals surface area contributed by atoms with Gasteiger partial charge in [0.05, 0.1) is 36.2 Å². The maximum atomic E-state index is 14.7. The summed E-state index contributed by atoms with van der Waals surface area (Å²) in [6.45, 7) is 13.1. The number of hydrogen-bond donors (Lipinski definition) is 4. The lowest BCUT2D eigenvalue weighted by molar-refractivity contribution is -0.289. The number of benzene rings is 1. The molecular weight excluding hydrogens is 811 g/mol. The van der Waals surface area contributed by atoms with E-state index < -0.39 is 65.6 Å². The van der Waals surface area contributed by atoms with Crippen molar-refractivity contribution in [2.24, 2.45) is 11.8 Å². The number of aromatic amines is 1. The Balaban J connectivity index is 1.27. The number of unbranched alkanes of at least 4 members (excludes halogenated alkanes) is 1. The van der Waals surface area contributed by atoms with Gasteiger partial charge in [-0.15, -0.1) is 5.10 Å². The van der Waals surface area contributed by atoms with Crippen molar-refractivity contribution in [3.63, 3.8) is 0 Å². The molecule has 5 heterocycles. The molecule has 2 unspecified atom stereocenters. The molecule has 1 aromatic carbocycles. The molecule has 3 aliphatic heterocycles. The van der Waals surface area contributed by atoms with E-state index in [9.17, 15) is 19.5 Å². The quantitative estimate of drug-likeness (QED) is 0.0826. The molecule has 18 nitrogen and oxygen atoms in total. The number of aromatic nitrogens is 5. The smallest absolute Gasteiger partial charge is 0.410 e. The van der Waals surface area contributed by atoms with Crippen molar-refractivity contribution in [1.29, 1.82) is 0 Å². The Morgan fingerprint density at radius 2 is 1.87 bits per heavy atom. The predicted molar refractivity (Wildman–Crippen MR) is 234 cm³/mol. The third-order valence-corrected chi connectivity index (χ3v) is 13.3. The monoisotopic (exact) mass is 880 g/mol. The van der Waals surface area contributed by atoms with Crippen LogP contribution in [0.5, 0.6) is 0 Å². The molecule has 348 valence electrons. The third kappa shape index (κ3) is 11.1. The fraction of sp³-hybridized carbons (Fsp3) is 0.689. The maximum Gasteiger partial charge on any atom is 0.410 e. The number of H-pyrrole nitrogens is 1. The van der Waals surface area contributed by atoms with Crippen LogP contribution in [0.15, 0.2) is 42.9 Å². The molecule has 3 saturated heterocycles. The Hall–Kier alpha value is -4.46. The van der Waals surface area contributed by atoms with E-state index in [0.29, 0.717) is 63.0 Å². The molecule has 3 fully saturated rings. The molecule has 0 saturated carbocycles. The number of methoxy groups -OCH3 is 1. The number of anilines is 1. The zero-order chi connectivity index (χ0) is 45.6. The summed E-state index contributed by atoms with van der Waals surface area (Å²) in [5.74, 6) is -2.47. The lowest BCUT2D eigenvalue weighted by Crippen LogP contribution is -2.61. The lowest BCUT2D eigenvalue weighted by atomic mass is 9.82. The number of carbonyl (C=O) groups excluding carboxylic acids is 3. The molecular formula is C45H69N9O9. The fourth-order valence-corrected chi connectivity index (χ4v) is 9.72. The topological polar surface area (TPSA) is 222 Å². The minimum atomic E-state index is -1.28. The first-order valence-electron chi connectivity index (χ1n) is 22.4. The molecule has 6 rings (SSSR count). The molecule has 0 aliphatic carbocycles. The van der Waals surface area contributed by atoms with Crippen LogP contribution < -0.4 is 11.1 Å². The molecule has 5 N–H and O–H groups in total. The van der Waals surface area contributed by atoms with E-state index >= 15 is 0 Å². The molecule has 12 atom stereocenters. The number of aliphatic hydroxyl groups is 1. The summed E-state index contributed by atoms with van der Waals surface area (Å²) in [7, 11) is 5.38. The summed E-state index contributed by atoms with van der Waals surface area (Å²) >= 11 is 0. The van der Waals surface area contributed by atoms with Crippen LogP contribution in [0.3, 0.4) is 0 Å². The van der Waals surface area contributed by atoms with E-state index in [4.69, 9.17) is 29.4 Å². The first-order valence-corrected chi connectivity index (χ1v) is 22.4. The van der Waals surface area contributed by atoms with Crippen molar-refractivity contribution >= 4 is 23.5 Å². The molecule has 2 aromatic heterocycles. The highest BCUT2D eigenvalue weighted by atomic mass is 16.7. The number of aliphatic hydroxyl groups excluding tert-OH is 1. The highest BCUT2D eigenvalue weighted by Gasteiger charge is 2.58. The van der Waals surface area contributed by atoms with Gasteiger partial charge in [-0.3, -0.25) is 24.3 Å². The largest absolute Gasteiger partial charge is 0.457 e. The number of nitrogens with two attached hydrogens (primary N) is 1. The van der Waals surface area contributed by atoms with Gasteiger partial charge < -0.3 is 44.7 Å². The number of hydrogen-bond acceptors (Lipinski definition) is 15. The molecule has 18 heteroatoms. The van der Waals surface area contributed by atoms with Crippen molar-refractivity contribution in [1.82, 2.24) is 40.3 Å². The van der Waals surface area contributed by atoms with Crippen LogP contribution in [-0.4, -0.2) is 152 Å². The average molecular weight is 880 g/mol. The summed E-state index contributed by atoms with van der Waals surface area (Å²) in [6.07, 6.45) is 2.92. The second kappa shape index (κ2) is 20.6. The van der Waals surface area contributed by atoms with Crippen LogP contribution in [0.4, 0.5) is 10.5 Å². The van der Waals surface area contributed by atoms with E-state index in [1.807, 2.05) is 84.1 Å². The number of fused-ring (bicyclic) bond motifs is 1. The number of ketones is 1. The highest BCUT2D eigenvalue weighted by molar-refractivity contribution is 5.99. The standard InChI is InChI=1S/C45H69N9O9/c1-10-37-45(6)40(54(43(58)63-45)17-12-11-16-53-26-34(50-51-53)31-14-13-15-32(46)20-31)29(4)47-23-27(2)22-44(5,59-9)38(62-42-39(56)35(52(7)8)18-28(3)60-42)21-36(55)33(41(57)61-37)19-30-24-48-49-25-30/h13-15,20,24-29,33,35,37-40,42,47,56H,10-12,16-19,21-23,46H2,1-9H3,(H,48,49)/t27-,28-,29-,33-,35?,37-,38-,39?,40-,42+,44-,45-/m1/s1. The van der Waals surface area contributed by atoms with Crippen molar-refractivity contribution in [3.05, 3.63) is 48.4 Å². The SMILES string of the molecule is CC[C@H]1OC(=O)[C@H](Cc2cn[nH]c2)C(=O)C[C@@H](O[C@@H]2O[C@H](C)CC(N(C)C)C2O)[C@](C)(OC)C[C@@H](C)CN[C@H](C)[C@H]2N(CCCCn3cc(-c4cccc(N)c4)nn3)C(=O)O[C@]12C. The minimum absolute atomic E-state index is 0.0103. The summed E-state index contributed by atoms with van der Waals surface area (Å²) in [4.78, 5) is 47.0. The number of nitrogens with zero attached hydrogens (tertiary/aromatic N) is 6. The molecule has 0 radical (unpaired) electrons. The summed E-state index contributed by atoms with van der Waals surface area (Å²) in [5.41, 5.74) is 6.51. The first kappa shape index (κ1) is 48.0. The van der Waals surface area contributed by atoms with Crippen LogP contribution in [0, 0.1) is 11.8 Å². The van der Waals surface area contributed by atoms with Crippen molar-refractivity contribution in [3.8, 4) is 11.3 Å². The van der Waals surface area contributed by atoms with E-state index in [1.54, 1.807) is 29.1 Å². The number of carbonyl (C=O) groups is 3. The Kier molecular flexibility index (Phi) is 15.7. The number of nitrogen functional groups attached to an aromatic ring is 1. The van der Waals surface area contributed by atoms with Gasteiger partial charge in [0.2, 0.25) is 0 Å². The molecule has 0 spiro atoms. The van der Waals surface area contributed by atoms with Crippen LogP contribution >= 0.6 is 0 Å². The van der Waals surface area contributed by atoms with Gasteiger partial charge in [0.1, 0.15) is 29.6 Å². The van der Waals surface area contributed by atoms with Crippen LogP contribution in [0.25, 0.3) is 11.3 Å². The molecule has 63 heavy (non-hydrogen) atoms. The van der Waals surface area contributed by atoms with Crippen molar-refractivity contribution in [2.45, 2.75) is 153 Å². The minimum Gasteiger partial charge on any atom is -0.457 e. The zero-order valence-electron chi connectivity index (χ0n) is 38.4. The molecule has 0 bridgehead atoms. The second-order valence-electron chi connectivity index (χ2n) is 18.5. The first-order chi connectivity index (χ1) is 30.0. The summed E-state index contributed by atoms with van der Waals surface area (Å²) in [5, 5.41) is 30.7. The van der Waals surface area contributed by atoms with Gasteiger partial charge in [-0.1, -0.05) is 31.2 Å². The number of amides is 1. The maximum absolute atomic E-state index is 14.7. The van der Waals surface area contributed by atoms with Gasteiger partial charge >= 0.3 is 12.1 Å². The Labute approximate surface area is 370 Å². The number of esters is 1. The summed E-state index contributed by atoms with van der Waals surface area (Å²) < 4.78 is 33.6. The highest BCUT2D eigenvalue weighted by Crippen LogP contribution is 2.40. The number of aryl methyl sites for hydroxylation is 1. The number of nitrogens with one attached hydrogen (secondary N) is 2. The van der Waals surface area contributed by atoms with Crippen LogP contribution in [0.2, 0.25) is 0 Å². The predicted octanol–water partition coefficient (Wildman–Crippen LogP) is 3.98. The molecule has 3 aromatic rings. The zero-order valence-corrected chi connectivity index (χ0v) is 38.4. The Morgan fingerprint density at radius 1 is 1.11 bits per heavy atom. The van der Waals surface area contributed by atoms with E-state index in [2.05, 4.69) is 32.7 Å². The van der Waals surface area contributed by atoms with Gasteiger partial charge in [-0.25, -0.2) is 4.79 Å².